The number of nitrogens with one attached hydrogen (secondary N) is 2. The lowest BCUT2D eigenvalue weighted by Gasteiger charge is -2.16. The van der Waals surface area contributed by atoms with E-state index in [2.05, 4.69) is 25.5 Å². The number of anilines is 2. The van der Waals surface area contributed by atoms with Gasteiger partial charge >= 0.3 is 6.03 Å². The Morgan fingerprint density at radius 3 is 2.76 bits per heavy atom. The van der Waals surface area contributed by atoms with E-state index in [1.165, 1.54) is 12.8 Å². The number of para-hydroxylation sites is 2. The number of aromatic nitrogens is 2. The number of hydrogen-bond donors (Lipinski definition) is 2. The molecule has 0 atom stereocenters. The zero-order chi connectivity index (χ0) is 17.6. The summed E-state index contributed by atoms with van der Waals surface area (Å²) in [4.78, 5) is 23.4. The molecule has 3 rings (SSSR count). The maximum absolute atomic E-state index is 12.1. The average molecular weight is 341 g/mol. The topological polar surface area (TPSA) is 79.4 Å². The van der Waals surface area contributed by atoms with Crippen molar-refractivity contribution < 1.29 is 9.53 Å². The Labute approximate surface area is 147 Å². The van der Waals surface area contributed by atoms with Gasteiger partial charge in [0, 0.05) is 18.8 Å². The summed E-state index contributed by atoms with van der Waals surface area (Å²) in [5.41, 5.74) is 2.32. The first-order chi connectivity index (χ1) is 12.2. The van der Waals surface area contributed by atoms with Gasteiger partial charge in [-0.15, -0.1) is 0 Å². The molecule has 0 aliphatic carbocycles. The monoisotopic (exact) mass is 341 g/mol. The van der Waals surface area contributed by atoms with Gasteiger partial charge in [0.25, 0.3) is 0 Å². The van der Waals surface area contributed by atoms with Crippen molar-refractivity contribution in [1.82, 2.24) is 15.3 Å². The molecule has 0 bridgehead atoms. The molecule has 25 heavy (non-hydrogen) atoms. The van der Waals surface area contributed by atoms with E-state index in [0.29, 0.717) is 18.0 Å². The molecular weight excluding hydrogens is 318 g/mol. The van der Waals surface area contributed by atoms with E-state index >= 15 is 0 Å². The molecule has 2 amide bonds. The molecule has 1 aliphatic rings. The molecule has 2 heterocycles. The van der Waals surface area contributed by atoms with Gasteiger partial charge in [0.1, 0.15) is 5.75 Å². The van der Waals surface area contributed by atoms with E-state index in [1.54, 1.807) is 19.2 Å². The summed E-state index contributed by atoms with van der Waals surface area (Å²) in [5, 5.41) is 5.62. The minimum Gasteiger partial charge on any atom is -0.495 e. The minimum absolute atomic E-state index is 0.302. The van der Waals surface area contributed by atoms with Crippen molar-refractivity contribution >= 4 is 17.7 Å². The summed E-state index contributed by atoms with van der Waals surface area (Å²) in [6.45, 7) is 4.26. The maximum Gasteiger partial charge on any atom is 0.319 e. The molecule has 0 spiro atoms. The van der Waals surface area contributed by atoms with E-state index < -0.39 is 0 Å². The van der Waals surface area contributed by atoms with Crippen LogP contribution in [0.15, 0.2) is 30.3 Å². The van der Waals surface area contributed by atoms with Crippen LogP contribution in [-0.2, 0) is 6.54 Å². The zero-order valence-corrected chi connectivity index (χ0v) is 14.6. The Bertz CT molecular complexity index is 744. The number of aryl methyl sites for hydroxylation is 1. The highest BCUT2D eigenvalue weighted by molar-refractivity contribution is 5.90. The maximum atomic E-state index is 12.1. The summed E-state index contributed by atoms with van der Waals surface area (Å²) in [7, 11) is 1.57. The third kappa shape index (κ3) is 4.37. The second kappa shape index (κ2) is 7.83. The Hall–Kier alpha value is -2.83. The predicted molar refractivity (Wildman–Crippen MR) is 97.1 cm³/mol. The van der Waals surface area contributed by atoms with Gasteiger partial charge in [0.05, 0.1) is 25.0 Å². The lowest BCUT2D eigenvalue weighted by molar-refractivity contribution is 0.251. The smallest absolute Gasteiger partial charge is 0.319 e. The number of urea groups is 1. The van der Waals surface area contributed by atoms with Crippen LogP contribution in [0.1, 0.15) is 24.2 Å². The Morgan fingerprint density at radius 2 is 2.00 bits per heavy atom. The first-order valence-corrected chi connectivity index (χ1v) is 8.43. The van der Waals surface area contributed by atoms with Crippen LogP contribution in [-0.4, -0.2) is 36.2 Å². The Kier molecular flexibility index (Phi) is 5.33. The number of carbonyl (C=O) groups is 1. The summed E-state index contributed by atoms with van der Waals surface area (Å²) in [6.07, 6.45) is 2.35. The molecule has 2 aromatic rings. The molecule has 1 aromatic heterocycles. The largest absolute Gasteiger partial charge is 0.495 e. The predicted octanol–water partition coefficient (Wildman–Crippen LogP) is 2.72. The summed E-state index contributed by atoms with van der Waals surface area (Å²) < 4.78 is 5.23. The van der Waals surface area contributed by atoms with Gasteiger partial charge in [0.15, 0.2) is 0 Å². The molecule has 1 aromatic carbocycles. The van der Waals surface area contributed by atoms with Crippen LogP contribution in [0.5, 0.6) is 5.75 Å². The zero-order valence-electron chi connectivity index (χ0n) is 14.6. The molecule has 132 valence electrons. The van der Waals surface area contributed by atoms with E-state index in [1.807, 2.05) is 25.1 Å². The highest BCUT2D eigenvalue weighted by atomic mass is 16.5. The van der Waals surface area contributed by atoms with Crippen molar-refractivity contribution in [2.24, 2.45) is 0 Å². The normalized spacial score (nSPS) is 13.6. The highest BCUT2D eigenvalue weighted by Crippen LogP contribution is 2.22. The van der Waals surface area contributed by atoms with Crippen LogP contribution in [0.25, 0.3) is 0 Å². The standard InChI is InChI=1S/C18H23N5O2/c1-13-11-14(21-17(20-13)23-9-5-6-10-23)12-19-18(24)22-15-7-3-4-8-16(15)25-2/h3-4,7-8,11H,5-6,9-10,12H2,1-2H3,(H2,19,22,24). The molecule has 0 saturated carbocycles. The van der Waals surface area contributed by atoms with Crippen LogP contribution in [0.2, 0.25) is 0 Å². The summed E-state index contributed by atoms with van der Waals surface area (Å²) in [5.74, 6) is 1.37. The lowest BCUT2D eigenvalue weighted by atomic mass is 10.3. The van der Waals surface area contributed by atoms with Gasteiger partial charge in [0.2, 0.25) is 5.95 Å². The third-order valence-electron chi connectivity index (χ3n) is 4.07. The van der Waals surface area contributed by atoms with Crippen LogP contribution in [0, 0.1) is 6.92 Å². The molecular formula is C18H23N5O2. The number of rotatable bonds is 5. The van der Waals surface area contributed by atoms with Crippen LogP contribution >= 0.6 is 0 Å². The molecule has 1 saturated heterocycles. The minimum atomic E-state index is -0.302. The third-order valence-corrected chi connectivity index (χ3v) is 4.07. The number of amides is 2. The fraction of sp³-hybridized carbons (Fsp3) is 0.389. The second-order valence-electron chi connectivity index (χ2n) is 6.00. The number of hydrogen-bond acceptors (Lipinski definition) is 5. The number of benzene rings is 1. The average Bonchev–Trinajstić information content (AvgIpc) is 3.15. The molecule has 2 N–H and O–H groups in total. The highest BCUT2D eigenvalue weighted by Gasteiger charge is 2.16. The van der Waals surface area contributed by atoms with Gasteiger partial charge in [-0.25, -0.2) is 14.8 Å². The quantitative estimate of drug-likeness (QED) is 0.874. The van der Waals surface area contributed by atoms with Crippen LogP contribution in [0.3, 0.4) is 0 Å². The fourth-order valence-electron chi connectivity index (χ4n) is 2.85. The van der Waals surface area contributed by atoms with Gasteiger partial charge in [-0.3, -0.25) is 0 Å². The number of nitrogens with zero attached hydrogens (tertiary/aromatic N) is 3. The van der Waals surface area contributed by atoms with Crippen molar-refractivity contribution in [3.63, 3.8) is 0 Å². The SMILES string of the molecule is COc1ccccc1NC(=O)NCc1cc(C)nc(N2CCCC2)n1. The molecule has 1 fully saturated rings. The van der Waals surface area contributed by atoms with Gasteiger partial charge in [-0.05, 0) is 38.0 Å². The van der Waals surface area contributed by atoms with Crippen LogP contribution in [0.4, 0.5) is 16.4 Å². The molecule has 1 aliphatic heterocycles. The molecule has 0 radical (unpaired) electrons. The van der Waals surface area contributed by atoms with E-state index in [0.717, 1.165) is 30.4 Å². The van der Waals surface area contributed by atoms with Gasteiger partial charge in [-0.2, -0.15) is 0 Å². The van der Waals surface area contributed by atoms with E-state index in [-0.39, 0.29) is 6.03 Å². The van der Waals surface area contributed by atoms with Gasteiger partial charge < -0.3 is 20.3 Å². The number of carbonyl (C=O) groups excluding carboxylic acids is 1. The lowest BCUT2D eigenvalue weighted by Crippen LogP contribution is -2.29. The molecule has 7 nitrogen and oxygen atoms in total. The van der Waals surface area contributed by atoms with Crippen molar-refractivity contribution in [2.75, 3.05) is 30.4 Å². The van der Waals surface area contributed by atoms with E-state index in [9.17, 15) is 4.79 Å². The van der Waals surface area contributed by atoms with E-state index in [4.69, 9.17) is 4.74 Å². The summed E-state index contributed by atoms with van der Waals surface area (Å²) in [6, 6.07) is 8.87. The van der Waals surface area contributed by atoms with Crippen LogP contribution < -0.4 is 20.3 Å². The molecule has 7 heteroatoms. The van der Waals surface area contributed by atoms with Crippen molar-refractivity contribution in [3.05, 3.63) is 41.7 Å². The number of ether oxygens (including phenoxy) is 1. The Balaban J connectivity index is 1.62. The second-order valence-corrected chi connectivity index (χ2v) is 6.00. The summed E-state index contributed by atoms with van der Waals surface area (Å²) >= 11 is 0. The van der Waals surface area contributed by atoms with Gasteiger partial charge in [-0.1, -0.05) is 12.1 Å². The first kappa shape index (κ1) is 17.0. The Morgan fingerprint density at radius 1 is 1.24 bits per heavy atom. The molecule has 0 unspecified atom stereocenters. The fourth-order valence-corrected chi connectivity index (χ4v) is 2.85. The first-order valence-electron chi connectivity index (χ1n) is 8.43. The number of methoxy groups -OCH3 is 1. The van der Waals surface area contributed by atoms with Crippen molar-refractivity contribution in [1.29, 1.82) is 0 Å². The van der Waals surface area contributed by atoms with Crippen molar-refractivity contribution in [2.45, 2.75) is 26.3 Å². The van der Waals surface area contributed by atoms with Crippen molar-refractivity contribution in [3.8, 4) is 5.75 Å².